The van der Waals surface area contributed by atoms with E-state index >= 15 is 0 Å². The third kappa shape index (κ3) is 2.69. The summed E-state index contributed by atoms with van der Waals surface area (Å²) in [5.41, 5.74) is 9.54. The van der Waals surface area contributed by atoms with Crippen molar-refractivity contribution in [3.63, 3.8) is 0 Å². The molecule has 116 valence electrons. The normalized spacial score (nSPS) is 14.2. The Morgan fingerprint density at radius 2 is 0.870 bits per heavy atom. The summed E-state index contributed by atoms with van der Waals surface area (Å²) in [6.45, 7) is 1.98. The zero-order valence-corrected chi connectivity index (χ0v) is 14.1. The fourth-order valence-corrected chi connectivity index (χ4v) is 3.83. The second-order valence-electron chi connectivity index (χ2n) is 6.00. The zero-order chi connectivity index (χ0) is 16.3. The summed E-state index contributed by atoms with van der Waals surface area (Å²) < 4.78 is 0. The quantitative estimate of drug-likeness (QED) is 0.409. The van der Waals surface area contributed by atoms with Crippen molar-refractivity contribution in [2.45, 2.75) is 17.2 Å². The van der Waals surface area contributed by atoms with Gasteiger partial charge in [-0.25, -0.2) is 0 Å². The highest BCUT2D eigenvalue weighted by Crippen LogP contribution is 2.47. The number of nitrogens with two attached hydrogens (primary N) is 1. The molecule has 0 bridgehead atoms. The molecule has 0 aromatic heterocycles. The number of thiol groups is 1. The van der Waals surface area contributed by atoms with Gasteiger partial charge < -0.3 is 5.73 Å². The lowest BCUT2D eigenvalue weighted by Crippen LogP contribution is -2.53. The van der Waals surface area contributed by atoms with E-state index in [2.05, 4.69) is 72.8 Å². The molecule has 0 fully saturated rings. The van der Waals surface area contributed by atoms with Crippen LogP contribution in [0, 0.1) is 0 Å². The maximum atomic E-state index is 6.67. The van der Waals surface area contributed by atoms with Crippen molar-refractivity contribution in [2.24, 2.45) is 5.73 Å². The number of rotatable bonds is 4. The highest BCUT2D eigenvalue weighted by molar-refractivity contribution is 7.81. The monoisotopic (exact) mass is 319 g/mol. The fraction of sp³-hybridized carbons (Fsp3) is 0.143. The summed E-state index contributed by atoms with van der Waals surface area (Å²) in [6, 6.07) is 31.1. The topological polar surface area (TPSA) is 26.0 Å². The lowest BCUT2D eigenvalue weighted by Gasteiger charge is -2.45. The fourth-order valence-electron chi connectivity index (χ4n) is 3.44. The van der Waals surface area contributed by atoms with Crippen LogP contribution in [-0.2, 0) is 5.41 Å². The van der Waals surface area contributed by atoms with Crippen LogP contribution in [0.3, 0.4) is 0 Å². The molecule has 3 aromatic carbocycles. The van der Waals surface area contributed by atoms with Crippen molar-refractivity contribution in [1.82, 2.24) is 0 Å². The van der Waals surface area contributed by atoms with Gasteiger partial charge in [-0.05, 0) is 23.6 Å². The van der Waals surface area contributed by atoms with Crippen molar-refractivity contribution in [1.29, 1.82) is 0 Å². The molecule has 0 aliphatic rings. The molecular formula is C21H21NS. The molecule has 3 rings (SSSR count). The van der Waals surface area contributed by atoms with Crippen LogP contribution in [0.25, 0.3) is 0 Å². The molecule has 0 aliphatic carbocycles. The Kier molecular flexibility index (Phi) is 4.29. The number of hydrogen-bond donors (Lipinski definition) is 2. The average molecular weight is 319 g/mol. The largest absolute Gasteiger partial charge is 0.316 e. The maximum Gasteiger partial charge on any atom is 0.0742 e. The van der Waals surface area contributed by atoms with Gasteiger partial charge >= 0.3 is 0 Å². The molecule has 0 spiro atoms. The lowest BCUT2D eigenvalue weighted by atomic mass is 9.65. The van der Waals surface area contributed by atoms with Crippen LogP contribution in [0.1, 0.15) is 23.6 Å². The summed E-state index contributed by atoms with van der Waals surface area (Å²) in [5.74, 6) is 0. The van der Waals surface area contributed by atoms with Gasteiger partial charge in [0, 0.05) is 0 Å². The third-order valence-corrected chi connectivity index (χ3v) is 4.72. The minimum Gasteiger partial charge on any atom is -0.316 e. The molecule has 0 saturated carbocycles. The van der Waals surface area contributed by atoms with Crippen molar-refractivity contribution in [3.8, 4) is 0 Å². The zero-order valence-electron chi connectivity index (χ0n) is 13.2. The van der Waals surface area contributed by atoms with Gasteiger partial charge in [0.15, 0.2) is 0 Å². The Hall–Kier alpha value is -2.03. The van der Waals surface area contributed by atoms with E-state index in [1.54, 1.807) is 0 Å². The van der Waals surface area contributed by atoms with Crippen molar-refractivity contribution in [3.05, 3.63) is 108 Å². The van der Waals surface area contributed by atoms with E-state index < -0.39 is 10.3 Å². The van der Waals surface area contributed by atoms with Crippen molar-refractivity contribution >= 4 is 12.6 Å². The second kappa shape index (κ2) is 6.23. The lowest BCUT2D eigenvalue weighted by molar-refractivity contribution is 0.466. The van der Waals surface area contributed by atoms with E-state index in [9.17, 15) is 0 Å². The van der Waals surface area contributed by atoms with E-state index in [0.29, 0.717) is 0 Å². The van der Waals surface area contributed by atoms with E-state index in [0.717, 1.165) is 16.7 Å². The Labute approximate surface area is 143 Å². The highest BCUT2D eigenvalue weighted by Gasteiger charge is 2.47. The molecule has 2 heteroatoms. The minimum atomic E-state index is -0.781. The van der Waals surface area contributed by atoms with Crippen LogP contribution in [0.4, 0.5) is 0 Å². The Morgan fingerprint density at radius 3 is 1.09 bits per heavy atom. The summed E-state index contributed by atoms with van der Waals surface area (Å²) in [6.07, 6.45) is 0. The number of hydrogen-bond acceptors (Lipinski definition) is 2. The smallest absolute Gasteiger partial charge is 0.0742 e. The van der Waals surface area contributed by atoms with Gasteiger partial charge in [0.2, 0.25) is 0 Å². The summed E-state index contributed by atoms with van der Waals surface area (Å²) in [5, 5.41) is 0. The van der Waals surface area contributed by atoms with E-state index in [1.165, 1.54) is 0 Å². The molecule has 0 heterocycles. The van der Waals surface area contributed by atoms with Gasteiger partial charge in [-0.3, -0.25) is 0 Å². The van der Waals surface area contributed by atoms with Crippen molar-refractivity contribution < 1.29 is 0 Å². The molecule has 23 heavy (non-hydrogen) atoms. The van der Waals surface area contributed by atoms with Crippen LogP contribution in [0.15, 0.2) is 91.0 Å². The van der Waals surface area contributed by atoms with Crippen LogP contribution in [0.5, 0.6) is 0 Å². The third-order valence-electron chi connectivity index (χ3n) is 4.38. The van der Waals surface area contributed by atoms with Gasteiger partial charge in [0.25, 0.3) is 0 Å². The molecule has 3 aromatic rings. The maximum absolute atomic E-state index is 6.67. The van der Waals surface area contributed by atoms with E-state index in [1.807, 2.05) is 25.1 Å². The van der Waals surface area contributed by atoms with Crippen molar-refractivity contribution in [2.75, 3.05) is 0 Å². The predicted molar refractivity (Wildman–Crippen MR) is 101 cm³/mol. The Bertz CT molecular complexity index is 649. The average Bonchev–Trinajstić information content (AvgIpc) is 2.57. The second-order valence-corrected chi connectivity index (χ2v) is 6.92. The van der Waals surface area contributed by atoms with Gasteiger partial charge in [0.05, 0.1) is 10.3 Å². The molecule has 0 aliphatic heterocycles. The molecule has 1 atom stereocenters. The standard InChI is InChI=1S/C21H21NS/c1-20(22,23)21(17-11-5-2-6-12-17,18-13-7-3-8-14-18)19-15-9-4-10-16-19/h2-16,23H,22H2,1H3. The van der Waals surface area contributed by atoms with Crippen LogP contribution in [-0.4, -0.2) is 4.87 Å². The minimum absolute atomic E-state index is 0.542. The molecule has 2 N–H and O–H groups in total. The Morgan fingerprint density at radius 1 is 0.609 bits per heavy atom. The molecule has 0 amide bonds. The summed E-state index contributed by atoms with van der Waals surface area (Å²) in [7, 11) is 0. The van der Waals surface area contributed by atoms with Crippen LogP contribution in [0.2, 0.25) is 0 Å². The van der Waals surface area contributed by atoms with Gasteiger partial charge in [0.1, 0.15) is 0 Å². The number of benzene rings is 3. The molecule has 1 unspecified atom stereocenters. The van der Waals surface area contributed by atoms with Gasteiger partial charge in [-0.2, -0.15) is 12.6 Å². The first kappa shape index (κ1) is 15.9. The molecule has 0 saturated heterocycles. The molecule has 0 radical (unpaired) electrons. The predicted octanol–water partition coefficient (Wildman–Crippen LogP) is 4.63. The van der Waals surface area contributed by atoms with Crippen LogP contribution >= 0.6 is 12.6 Å². The van der Waals surface area contributed by atoms with E-state index in [4.69, 9.17) is 18.4 Å². The van der Waals surface area contributed by atoms with Gasteiger partial charge in [-0.1, -0.05) is 91.0 Å². The molecule has 1 nitrogen and oxygen atoms in total. The van der Waals surface area contributed by atoms with E-state index in [-0.39, 0.29) is 0 Å². The van der Waals surface area contributed by atoms with Gasteiger partial charge in [-0.15, -0.1) is 0 Å². The first-order valence-corrected chi connectivity index (χ1v) is 8.19. The summed E-state index contributed by atoms with van der Waals surface area (Å²) >= 11 is 4.85. The van der Waals surface area contributed by atoms with Crippen LogP contribution < -0.4 is 5.73 Å². The molecular weight excluding hydrogens is 298 g/mol. The first-order chi connectivity index (χ1) is 11.1. The highest BCUT2D eigenvalue weighted by atomic mass is 32.1. The SMILES string of the molecule is CC(N)(S)C(c1ccccc1)(c1ccccc1)c1ccccc1. The summed E-state index contributed by atoms with van der Waals surface area (Å²) in [4.78, 5) is -0.781. The Balaban J connectivity index is 2.41. The first-order valence-electron chi connectivity index (χ1n) is 7.74.